The third-order valence-electron chi connectivity index (χ3n) is 5.20. The van der Waals surface area contributed by atoms with Crippen LogP contribution < -0.4 is 4.90 Å². The van der Waals surface area contributed by atoms with Crippen LogP contribution in [-0.4, -0.2) is 52.2 Å². The van der Waals surface area contributed by atoms with E-state index in [1.807, 2.05) is 29.0 Å². The molecule has 1 fully saturated rings. The molecule has 0 saturated carbocycles. The molecule has 1 aromatic carbocycles. The molecule has 0 atom stereocenters. The minimum absolute atomic E-state index is 0. The second kappa shape index (κ2) is 10.3. The van der Waals surface area contributed by atoms with Gasteiger partial charge in [-0.1, -0.05) is 35.4 Å². The summed E-state index contributed by atoms with van der Waals surface area (Å²) in [6, 6.07) is 9.65. The van der Waals surface area contributed by atoms with Gasteiger partial charge in [0.05, 0.1) is 0 Å². The number of hydrogen-bond donors (Lipinski definition) is 0. The number of benzene rings is 1. The van der Waals surface area contributed by atoms with Crippen molar-refractivity contribution in [3.8, 4) is 5.95 Å². The van der Waals surface area contributed by atoms with Crippen LogP contribution in [0.15, 0.2) is 55.0 Å². The van der Waals surface area contributed by atoms with E-state index in [0.29, 0.717) is 16.0 Å². The highest BCUT2D eigenvalue weighted by Gasteiger charge is 2.17. The predicted molar refractivity (Wildman–Crippen MR) is 127 cm³/mol. The van der Waals surface area contributed by atoms with E-state index in [4.69, 9.17) is 23.2 Å². The first-order valence-corrected chi connectivity index (χ1v) is 10.4. The summed E-state index contributed by atoms with van der Waals surface area (Å²) in [6.07, 6.45) is 9.93. The number of anilines is 1. The van der Waals surface area contributed by atoms with E-state index in [2.05, 4.69) is 44.9 Å². The lowest BCUT2D eigenvalue weighted by atomic mass is 10.2. The summed E-state index contributed by atoms with van der Waals surface area (Å²) >= 11 is 12.3. The summed E-state index contributed by atoms with van der Waals surface area (Å²) < 4.78 is 2.01. The summed E-state index contributed by atoms with van der Waals surface area (Å²) in [4.78, 5) is 13.4. The van der Waals surface area contributed by atoms with Crippen molar-refractivity contribution in [2.24, 2.45) is 0 Å². The van der Waals surface area contributed by atoms with Crippen LogP contribution in [0.2, 0.25) is 10.0 Å². The number of rotatable bonds is 5. The highest BCUT2D eigenvalue weighted by atomic mass is 35.5. The van der Waals surface area contributed by atoms with Crippen LogP contribution in [0.3, 0.4) is 0 Å². The molecule has 0 N–H and O–H groups in total. The highest BCUT2D eigenvalue weighted by molar-refractivity contribution is 6.35. The maximum Gasteiger partial charge on any atom is 0.233 e. The molecule has 0 spiro atoms. The zero-order valence-electron chi connectivity index (χ0n) is 16.7. The van der Waals surface area contributed by atoms with E-state index in [1.165, 1.54) is 5.56 Å². The number of aromatic nitrogens is 3. The monoisotopic (exact) mass is 463 g/mol. The molecule has 4 rings (SSSR count). The number of piperazine rings is 1. The third-order valence-corrected chi connectivity index (χ3v) is 5.63. The van der Waals surface area contributed by atoms with Gasteiger partial charge < -0.3 is 4.90 Å². The average molecular weight is 465 g/mol. The van der Waals surface area contributed by atoms with Gasteiger partial charge in [0.2, 0.25) is 5.95 Å². The molecular formula is C22H24Cl3N5. The number of hydrogen-bond acceptors (Lipinski definition) is 4. The van der Waals surface area contributed by atoms with Gasteiger partial charge >= 0.3 is 0 Å². The third kappa shape index (κ3) is 5.35. The Morgan fingerprint density at radius 2 is 1.67 bits per heavy atom. The zero-order chi connectivity index (χ0) is 20.2. The van der Waals surface area contributed by atoms with Gasteiger partial charge in [0.25, 0.3) is 0 Å². The summed E-state index contributed by atoms with van der Waals surface area (Å²) in [5.41, 5.74) is 3.41. The van der Waals surface area contributed by atoms with Gasteiger partial charge in [-0.15, -0.1) is 12.4 Å². The molecule has 0 amide bonds. The van der Waals surface area contributed by atoms with Gasteiger partial charge in [-0.05, 0) is 42.8 Å². The molecule has 30 heavy (non-hydrogen) atoms. The minimum Gasteiger partial charge on any atom is -0.369 e. The predicted octanol–water partition coefficient (Wildman–Crippen LogP) is 5.14. The van der Waals surface area contributed by atoms with Crippen LogP contribution >= 0.6 is 35.6 Å². The summed E-state index contributed by atoms with van der Waals surface area (Å²) in [7, 11) is 0. The molecule has 1 aliphatic rings. The largest absolute Gasteiger partial charge is 0.369 e. The van der Waals surface area contributed by atoms with E-state index in [1.54, 1.807) is 18.5 Å². The first-order valence-electron chi connectivity index (χ1n) is 9.65. The van der Waals surface area contributed by atoms with Gasteiger partial charge in [0.1, 0.15) is 0 Å². The molecule has 0 aliphatic carbocycles. The fourth-order valence-corrected chi connectivity index (χ4v) is 4.09. The first-order chi connectivity index (χ1) is 14.1. The highest BCUT2D eigenvalue weighted by Crippen LogP contribution is 2.26. The van der Waals surface area contributed by atoms with Crippen LogP contribution in [-0.2, 0) is 0 Å². The molecule has 8 heteroatoms. The van der Waals surface area contributed by atoms with E-state index in [-0.39, 0.29) is 12.4 Å². The normalized spacial score (nSPS) is 14.8. The Kier molecular flexibility index (Phi) is 7.78. The maximum absolute atomic E-state index is 6.14. The molecule has 0 radical (unpaired) electrons. The van der Waals surface area contributed by atoms with Gasteiger partial charge in [-0.2, -0.15) is 0 Å². The van der Waals surface area contributed by atoms with Gasteiger partial charge in [-0.3, -0.25) is 9.47 Å². The van der Waals surface area contributed by atoms with Crippen molar-refractivity contribution in [1.82, 2.24) is 19.4 Å². The Balaban J connectivity index is 0.00000256. The fraction of sp³-hybridized carbons (Fsp3) is 0.273. The number of nitrogens with zero attached hydrogens (tertiary/aromatic N) is 5. The van der Waals surface area contributed by atoms with Crippen molar-refractivity contribution < 1.29 is 0 Å². The van der Waals surface area contributed by atoms with Crippen molar-refractivity contribution in [2.45, 2.75) is 6.92 Å². The van der Waals surface area contributed by atoms with Gasteiger partial charge in [0.15, 0.2) is 0 Å². The van der Waals surface area contributed by atoms with Crippen molar-refractivity contribution in [2.75, 3.05) is 37.6 Å². The Morgan fingerprint density at radius 3 is 2.33 bits per heavy atom. The smallest absolute Gasteiger partial charge is 0.233 e. The van der Waals surface area contributed by atoms with E-state index < -0.39 is 0 Å². The second-order valence-corrected chi connectivity index (χ2v) is 7.97. The Hall–Kier alpha value is -2.05. The number of halogens is 3. The van der Waals surface area contributed by atoms with Gasteiger partial charge in [-0.25, -0.2) is 9.97 Å². The molecule has 1 aliphatic heterocycles. The fourth-order valence-electron chi connectivity index (χ4n) is 3.57. The first kappa shape index (κ1) is 22.6. The van der Waals surface area contributed by atoms with E-state index >= 15 is 0 Å². The molecule has 2 aromatic heterocycles. The van der Waals surface area contributed by atoms with Crippen molar-refractivity contribution in [3.63, 3.8) is 0 Å². The van der Waals surface area contributed by atoms with Crippen molar-refractivity contribution in [3.05, 3.63) is 76.3 Å². The molecule has 158 valence electrons. The lowest BCUT2D eigenvalue weighted by molar-refractivity contribution is 0.284. The van der Waals surface area contributed by atoms with Crippen LogP contribution in [0, 0.1) is 6.92 Å². The van der Waals surface area contributed by atoms with Crippen LogP contribution in [0.1, 0.15) is 11.3 Å². The zero-order valence-corrected chi connectivity index (χ0v) is 19.0. The van der Waals surface area contributed by atoms with Crippen LogP contribution in [0.5, 0.6) is 0 Å². The van der Waals surface area contributed by atoms with Crippen LogP contribution in [0.4, 0.5) is 5.69 Å². The molecule has 3 heterocycles. The molecule has 0 bridgehead atoms. The maximum atomic E-state index is 6.14. The molecular weight excluding hydrogens is 441 g/mol. The van der Waals surface area contributed by atoms with E-state index in [0.717, 1.165) is 44.1 Å². The molecule has 3 aromatic rings. The summed E-state index contributed by atoms with van der Waals surface area (Å²) in [5, 5.41) is 1.36. The van der Waals surface area contributed by atoms with Crippen LogP contribution in [0.25, 0.3) is 12.0 Å². The quantitative estimate of drug-likeness (QED) is 0.524. The standard InChI is InChI=1S/C22H23Cl2N5.ClH/c1-17-18(5-9-29(17)22-25-6-3-7-26-22)4-2-8-27-10-12-28(13-11-27)21-15-19(23)14-20(24)16-21;/h2-7,9,14-16H,8,10-13H2,1H3;1H/b4-2+;. The summed E-state index contributed by atoms with van der Waals surface area (Å²) in [5.74, 6) is 0.696. The Labute approximate surface area is 193 Å². The van der Waals surface area contributed by atoms with Crippen molar-refractivity contribution in [1.29, 1.82) is 0 Å². The topological polar surface area (TPSA) is 37.2 Å². The lowest BCUT2D eigenvalue weighted by Gasteiger charge is -2.35. The van der Waals surface area contributed by atoms with E-state index in [9.17, 15) is 0 Å². The lowest BCUT2D eigenvalue weighted by Crippen LogP contribution is -2.46. The Morgan fingerprint density at radius 1 is 1.00 bits per heavy atom. The summed E-state index contributed by atoms with van der Waals surface area (Å²) in [6.45, 7) is 6.96. The minimum atomic E-state index is 0. The molecule has 1 saturated heterocycles. The molecule has 0 unspecified atom stereocenters. The SMILES string of the molecule is Cc1c(/C=C/CN2CCN(c3cc(Cl)cc(Cl)c3)CC2)ccn1-c1ncccn1.Cl. The average Bonchev–Trinajstić information content (AvgIpc) is 3.09. The second-order valence-electron chi connectivity index (χ2n) is 7.09. The van der Waals surface area contributed by atoms with Gasteiger partial charge in [0, 0.05) is 72.7 Å². The van der Waals surface area contributed by atoms with Crippen molar-refractivity contribution >= 4 is 47.4 Å². The Bertz CT molecular complexity index is 975. The molecule has 5 nitrogen and oxygen atoms in total.